The number of fused-ring (bicyclic) bond motifs is 1. The van der Waals surface area contributed by atoms with Crippen LogP contribution in [0.2, 0.25) is 0 Å². The zero-order valence-corrected chi connectivity index (χ0v) is 15.9. The molecular formula is C19H21N3O4S. The summed E-state index contributed by atoms with van der Waals surface area (Å²) >= 11 is 0. The van der Waals surface area contributed by atoms with Crippen LogP contribution in [0.3, 0.4) is 0 Å². The van der Waals surface area contributed by atoms with Gasteiger partial charge in [0.1, 0.15) is 16.2 Å². The Morgan fingerprint density at radius 3 is 2.67 bits per heavy atom. The summed E-state index contributed by atoms with van der Waals surface area (Å²) in [5.41, 5.74) is -0.0999. The Labute approximate surface area is 158 Å². The third-order valence-electron chi connectivity index (χ3n) is 5.08. The normalized spacial score (nSPS) is 24.3. The van der Waals surface area contributed by atoms with Crippen molar-refractivity contribution in [1.29, 1.82) is 0 Å². The Balaban J connectivity index is 1.77. The number of amides is 1. The van der Waals surface area contributed by atoms with E-state index in [1.807, 2.05) is 6.07 Å². The number of rotatable bonds is 2. The van der Waals surface area contributed by atoms with E-state index >= 15 is 0 Å². The van der Waals surface area contributed by atoms with Gasteiger partial charge in [0.25, 0.3) is 0 Å². The topological polar surface area (TPSA) is 79.8 Å². The summed E-state index contributed by atoms with van der Waals surface area (Å²) in [4.78, 5) is 18.0. The highest BCUT2D eigenvalue weighted by Gasteiger charge is 2.48. The van der Waals surface area contributed by atoms with Crippen molar-refractivity contribution < 1.29 is 17.9 Å². The fourth-order valence-corrected chi connectivity index (χ4v) is 5.30. The van der Waals surface area contributed by atoms with Crippen LogP contribution >= 0.6 is 0 Å². The van der Waals surface area contributed by atoms with Crippen molar-refractivity contribution in [3.8, 4) is 5.75 Å². The maximum Gasteiger partial charge on any atom is 0.247 e. The van der Waals surface area contributed by atoms with Gasteiger partial charge in [0.05, 0.1) is 25.3 Å². The number of ether oxygens (including phenoxy) is 1. The smallest absolute Gasteiger partial charge is 0.247 e. The molecule has 142 valence electrons. The van der Waals surface area contributed by atoms with E-state index < -0.39 is 15.6 Å². The summed E-state index contributed by atoms with van der Waals surface area (Å²) < 4.78 is 34.3. The number of benzene rings is 1. The van der Waals surface area contributed by atoms with Crippen LogP contribution in [0, 0.1) is 0 Å². The molecule has 1 aromatic carbocycles. The molecule has 3 heterocycles. The van der Waals surface area contributed by atoms with E-state index in [2.05, 4.69) is 4.98 Å². The second kappa shape index (κ2) is 6.61. The first-order valence-corrected chi connectivity index (χ1v) is 10.3. The molecule has 0 radical (unpaired) electrons. The molecule has 1 saturated heterocycles. The van der Waals surface area contributed by atoms with E-state index in [0.717, 1.165) is 0 Å². The number of likely N-dealkylation sites (tertiary alicyclic amines) is 1. The standard InChI is InChI=1S/C19H21N3O4S/c1-15(23)21-11-9-19(13-21)14-22(12-16-6-4-5-10-20-16)27(24,25)18-8-3-2-7-17(18)26-19/h2-8,10H,9,11-14H2,1H3/t19-/m0/s1. The molecular weight excluding hydrogens is 366 g/mol. The van der Waals surface area contributed by atoms with Crippen molar-refractivity contribution in [3.05, 3.63) is 54.4 Å². The molecule has 1 fully saturated rings. The maximum atomic E-state index is 13.3. The van der Waals surface area contributed by atoms with Gasteiger partial charge >= 0.3 is 0 Å². The van der Waals surface area contributed by atoms with Crippen LogP contribution in [0.5, 0.6) is 5.75 Å². The lowest BCUT2D eigenvalue weighted by Crippen LogP contribution is -2.49. The predicted molar refractivity (Wildman–Crippen MR) is 98.5 cm³/mol. The lowest BCUT2D eigenvalue weighted by molar-refractivity contribution is -0.128. The molecule has 2 aliphatic rings. The van der Waals surface area contributed by atoms with E-state index in [1.165, 1.54) is 11.2 Å². The number of hydrogen-bond acceptors (Lipinski definition) is 5. The molecule has 4 rings (SSSR count). The predicted octanol–water partition coefficient (Wildman–Crippen LogP) is 1.66. The minimum Gasteiger partial charge on any atom is -0.483 e. The first-order chi connectivity index (χ1) is 12.9. The molecule has 2 aromatic rings. The van der Waals surface area contributed by atoms with E-state index in [0.29, 0.717) is 31.0 Å². The van der Waals surface area contributed by atoms with Gasteiger partial charge in [-0.2, -0.15) is 4.31 Å². The lowest BCUT2D eigenvalue weighted by atomic mass is 10.0. The van der Waals surface area contributed by atoms with E-state index in [1.54, 1.807) is 47.5 Å². The second-order valence-electron chi connectivity index (χ2n) is 7.02. The van der Waals surface area contributed by atoms with Gasteiger partial charge < -0.3 is 9.64 Å². The molecule has 1 atom stereocenters. The van der Waals surface area contributed by atoms with Crippen molar-refractivity contribution in [2.24, 2.45) is 0 Å². The summed E-state index contributed by atoms with van der Waals surface area (Å²) in [6.07, 6.45) is 2.22. The van der Waals surface area contributed by atoms with Crippen LogP contribution in [-0.2, 0) is 21.4 Å². The minimum atomic E-state index is -3.75. The summed E-state index contributed by atoms with van der Waals surface area (Å²) in [5, 5.41) is 0. The van der Waals surface area contributed by atoms with E-state index in [-0.39, 0.29) is 23.9 Å². The Morgan fingerprint density at radius 2 is 1.96 bits per heavy atom. The van der Waals surface area contributed by atoms with Crippen molar-refractivity contribution in [3.63, 3.8) is 0 Å². The molecule has 0 aliphatic carbocycles. The van der Waals surface area contributed by atoms with Gasteiger partial charge in [0, 0.05) is 26.1 Å². The molecule has 7 nitrogen and oxygen atoms in total. The number of para-hydroxylation sites is 1. The zero-order chi connectivity index (χ0) is 19.1. The Morgan fingerprint density at radius 1 is 1.19 bits per heavy atom. The summed E-state index contributed by atoms with van der Waals surface area (Å²) in [7, 11) is -3.75. The van der Waals surface area contributed by atoms with Crippen LogP contribution in [0.15, 0.2) is 53.6 Å². The van der Waals surface area contributed by atoms with Gasteiger partial charge in [-0.1, -0.05) is 18.2 Å². The average molecular weight is 387 g/mol. The molecule has 0 N–H and O–H groups in total. The molecule has 8 heteroatoms. The van der Waals surface area contributed by atoms with Gasteiger partial charge in [-0.15, -0.1) is 0 Å². The Bertz CT molecular complexity index is 964. The van der Waals surface area contributed by atoms with Gasteiger partial charge in [-0.25, -0.2) is 8.42 Å². The largest absolute Gasteiger partial charge is 0.483 e. The third-order valence-corrected chi connectivity index (χ3v) is 6.92. The Kier molecular flexibility index (Phi) is 4.39. The van der Waals surface area contributed by atoms with E-state index in [4.69, 9.17) is 4.74 Å². The maximum absolute atomic E-state index is 13.3. The highest BCUT2D eigenvalue weighted by atomic mass is 32.2. The highest BCUT2D eigenvalue weighted by molar-refractivity contribution is 7.89. The van der Waals surface area contributed by atoms with Gasteiger partial charge in [0.15, 0.2) is 0 Å². The van der Waals surface area contributed by atoms with Gasteiger partial charge in [-0.3, -0.25) is 9.78 Å². The van der Waals surface area contributed by atoms with Gasteiger partial charge in [-0.05, 0) is 24.3 Å². The van der Waals surface area contributed by atoms with Crippen LogP contribution in [0.4, 0.5) is 0 Å². The number of aromatic nitrogens is 1. The summed E-state index contributed by atoms with van der Waals surface area (Å²) in [6.45, 7) is 2.76. The molecule has 27 heavy (non-hydrogen) atoms. The number of carbonyl (C=O) groups is 1. The minimum absolute atomic E-state index is 0.0351. The van der Waals surface area contributed by atoms with Crippen LogP contribution in [0.25, 0.3) is 0 Å². The molecule has 0 saturated carbocycles. The second-order valence-corrected chi connectivity index (χ2v) is 8.92. The van der Waals surface area contributed by atoms with E-state index in [9.17, 15) is 13.2 Å². The lowest BCUT2D eigenvalue weighted by Gasteiger charge is -2.31. The van der Waals surface area contributed by atoms with Crippen LogP contribution in [0.1, 0.15) is 19.0 Å². The van der Waals surface area contributed by atoms with Gasteiger partial charge in [0.2, 0.25) is 15.9 Å². The van der Waals surface area contributed by atoms with Crippen LogP contribution < -0.4 is 4.74 Å². The SMILES string of the molecule is CC(=O)N1CC[C@]2(C1)CN(Cc1ccccn1)S(=O)(=O)c1ccccc1O2. The third kappa shape index (κ3) is 3.30. The molecule has 0 bridgehead atoms. The number of sulfonamides is 1. The summed E-state index contributed by atoms with van der Waals surface area (Å²) in [5.74, 6) is 0.304. The highest BCUT2D eigenvalue weighted by Crippen LogP contribution is 2.38. The monoisotopic (exact) mass is 387 g/mol. The van der Waals surface area contributed by atoms with Crippen molar-refractivity contribution in [2.75, 3.05) is 19.6 Å². The number of hydrogen-bond donors (Lipinski definition) is 0. The zero-order valence-electron chi connectivity index (χ0n) is 15.0. The molecule has 2 aliphatic heterocycles. The number of pyridine rings is 1. The first-order valence-electron chi connectivity index (χ1n) is 8.83. The fourth-order valence-electron chi connectivity index (χ4n) is 3.70. The fraction of sp³-hybridized carbons (Fsp3) is 0.368. The molecule has 1 aromatic heterocycles. The first kappa shape index (κ1) is 17.9. The van der Waals surface area contributed by atoms with Crippen LogP contribution in [-0.4, -0.2) is 53.7 Å². The van der Waals surface area contributed by atoms with Crippen molar-refractivity contribution in [2.45, 2.75) is 30.4 Å². The molecule has 1 amide bonds. The molecule has 0 unspecified atom stereocenters. The Hall–Kier alpha value is -2.45. The number of carbonyl (C=O) groups excluding carboxylic acids is 1. The average Bonchev–Trinajstić information content (AvgIpc) is 3.03. The summed E-state index contributed by atoms with van der Waals surface area (Å²) in [6, 6.07) is 12.1. The van der Waals surface area contributed by atoms with Crippen molar-refractivity contribution in [1.82, 2.24) is 14.2 Å². The van der Waals surface area contributed by atoms with Crippen molar-refractivity contribution >= 4 is 15.9 Å². The quantitative estimate of drug-likeness (QED) is 0.783. The number of nitrogens with zero attached hydrogens (tertiary/aromatic N) is 3. The molecule has 1 spiro atoms.